The van der Waals surface area contributed by atoms with Crippen LogP contribution < -0.4 is 0 Å². The quantitative estimate of drug-likeness (QED) is 0.669. The molecule has 11 heavy (non-hydrogen) atoms. The zero-order chi connectivity index (χ0) is 8.27. The van der Waals surface area contributed by atoms with Crippen molar-refractivity contribution in [2.75, 3.05) is 0 Å². The lowest BCUT2D eigenvalue weighted by atomic mass is 10.2. The minimum absolute atomic E-state index is 0.170. The van der Waals surface area contributed by atoms with Gasteiger partial charge in [-0.25, -0.2) is 12.8 Å². The van der Waals surface area contributed by atoms with Crippen LogP contribution in [0, 0.1) is 11.9 Å². The predicted molar refractivity (Wildman–Crippen MR) is 39.3 cm³/mol. The van der Waals surface area contributed by atoms with Crippen molar-refractivity contribution < 1.29 is 12.8 Å². The summed E-state index contributed by atoms with van der Waals surface area (Å²) in [5, 5.41) is 0. The van der Waals surface area contributed by atoms with Crippen LogP contribution >= 0.6 is 0 Å². The first-order valence-electron chi connectivity index (χ1n) is 2.96. The first-order chi connectivity index (χ1) is 5.20. The van der Waals surface area contributed by atoms with Gasteiger partial charge in [-0.2, -0.15) is 0 Å². The van der Waals surface area contributed by atoms with Crippen LogP contribution in [0.5, 0.6) is 0 Å². The smallest absolute Gasteiger partial charge is 0.144 e. The second kappa shape index (κ2) is 3.48. The van der Waals surface area contributed by atoms with Gasteiger partial charge < -0.3 is 0 Å². The lowest BCUT2D eigenvalue weighted by Gasteiger charge is -1.94. The van der Waals surface area contributed by atoms with Crippen LogP contribution in [0.15, 0.2) is 18.2 Å². The van der Waals surface area contributed by atoms with Gasteiger partial charge >= 0.3 is 0 Å². The molecule has 0 fully saturated rings. The molecule has 0 aliphatic rings. The van der Waals surface area contributed by atoms with Crippen molar-refractivity contribution in [2.45, 2.75) is 5.75 Å². The van der Waals surface area contributed by atoms with Gasteiger partial charge in [-0.3, -0.25) is 0 Å². The fraction of sp³-hybridized carbons (Fsp3) is 0.143. The average molecular weight is 173 g/mol. The Morgan fingerprint density at radius 2 is 2.27 bits per heavy atom. The van der Waals surface area contributed by atoms with Crippen molar-refractivity contribution in [3.63, 3.8) is 0 Å². The fourth-order valence-corrected chi connectivity index (χ4v) is 1.23. The average Bonchev–Trinajstić information content (AvgIpc) is 1.93. The lowest BCUT2D eigenvalue weighted by molar-refractivity contribution is 0.601. The minimum atomic E-state index is -2.55. The summed E-state index contributed by atoms with van der Waals surface area (Å²) in [5.74, 6) is -0.749. The Labute approximate surface area is 65.6 Å². The summed E-state index contributed by atoms with van der Waals surface area (Å²) in [6.07, 6.45) is 0. The van der Waals surface area contributed by atoms with E-state index in [1.807, 2.05) is 0 Å². The molecule has 0 saturated carbocycles. The van der Waals surface area contributed by atoms with Crippen LogP contribution in [0.2, 0.25) is 0 Å². The number of halogens is 1. The first kappa shape index (κ1) is 8.20. The molecule has 1 aromatic rings. The van der Waals surface area contributed by atoms with E-state index in [0.29, 0.717) is 0 Å². The van der Waals surface area contributed by atoms with Crippen LogP contribution in [0.4, 0.5) is 4.39 Å². The SMILES string of the molecule is O=[SH](=O)Cc1c[c]ccc1F. The molecule has 0 bridgehead atoms. The second-order valence-corrected chi connectivity index (χ2v) is 2.99. The third-order valence-corrected chi connectivity index (χ3v) is 1.79. The van der Waals surface area contributed by atoms with Crippen LogP contribution in [0.25, 0.3) is 0 Å². The molecule has 0 aliphatic carbocycles. The fourth-order valence-electron chi connectivity index (χ4n) is 0.706. The summed E-state index contributed by atoms with van der Waals surface area (Å²) in [5.41, 5.74) is 0.170. The molecule has 59 valence electrons. The molecule has 0 unspecified atom stereocenters. The maximum Gasteiger partial charge on any atom is 0.144 e. The van der Waals surface area contributed by atoms with Crippen LogP contribution in [0.3, 0.4) is 0 Å². The lowest BCUT2D eigenvalue weighted by Crippen LogP contribution is -1.90. The number of benzene rings is 1. The summed E-state index contributed by atoms with van der Waals surface area (Å²) in [6.45, 7) is 0. The zero-order valence-electron chi connectivity index (χ0n) is 5.58. The van der Waals surface area contributed by atoms with Crippen LogP contribution in [0.1, 0.15) is 5.56 Å². The summed E-state index contributed by atoms with van der Waals surface area (Å²) in [6, 6.07) is 6.52. The van der Waals surface area contributed by atoms with E-state index in [0.717, 1.165) is 0 Å². The molecule has 0 spiro atoms. The van der Waals surface area contributed by atoms with E-state index in [1.54, 1.807) is 0 Å². The minimum Gasteiger partial charge on any atom is -0.232 e. The molecule has 0 aromatic heterocycles. The molecule has 0 N–H and O–H groups in total. The van der Waals surface area contributed by atoms with E-state index < -0.39 is 16.5 Å². The Morgan fingerprint density at radius 1 is 1.55 bits per heavy atom. The summed E-state index contributed by atoms with van der Waals surface area (Å²) in [7, 11) is -2.55. The van der Waals surface area contributed by atoms with E-state index in [9.17, 15) is 12.8 Å². The highest BCUT2D eigenvalue weighted by Gasteiger charge is 1.99. The molecular formula is C7H6FO2S. The van der Waals surface area contributed by atoms with Gasteiger partial charge in [0.15, 0.2) is 0 Å². The number of rotatable bonds is 2. The van der Waals surface area contributed by atoms with Crippen molar-refractivity contribution >= 4 is 10.7 Å². The summed E-state index contributed by atoms with van der Waals surface area (Å²) >= 11 is 0. The van der Waals surface area contributed by atoms with Crippen LogP contribution in [-0.2, 0) is 16.5 Å². The molecule has 0 saturated heterocycles. The van der Waals surface area contributed by atoms with Gasteiger partial charge in [0, 0.05) is 5.56 Å². The molecule has 0 atom stereocenters. The van der Waals surface area contributed by atoms with Gasteiger partial charge in [0.2, 0.25) is 0 Å². The Morgan fingerprint density at radius 3 is 2.82 bits per heavy atom. The molecule has 1 rings (SSSR count). The van der Waals surface area contributed by atoms with E-state index in [-0.39, 0.29) is 11.3 Å². The number of hydrogen-bond acceptors (Lipinski definition) is 2. The van der Waals surface area contributed by atoms with Gasteiger partial charge in [0.05, 0.1) is 5.75 Å². The monoisotopic (exact) mass is 173 g/mol. The first-order valence-corrected chi connectivity index (χ1v) is 4.32. The largest absolute Gasteiger partial charge is 0.232 e. The Kier molecular flexibility index (Phi) is 2.59. The summed E-state index contributed by atoms with van der Waals surface area (Å²) < 4.78 is 33.0. The molecule has 4 heteroatoms. The Hall–Kier alpha value is -0.900. The highest BCUT2D eigenvalue weighted by molar-refractivity contribution is 7.71. The van der Waals surface area contributed by atoms with E-state index in [4.69, 9.17) is 0 Å². The third-order valence-electron chi connectivity index (χ3n) is 1.19. The third kappa shape index (κ3) is 2.31. The second-order valence-electron chi connectivity index (χ2n) is 2.01. The maximum absolute atomic E-state index is 12.7. The van der Waals surface area contributed by atoms with Gasteiger partial charge in [0.25, 0.3) is 0 Å². The molecule has 0 aliphatic heterocycles. The molecular weight excluding hydrogens is 167 g/mol. The molecule has 1 aromatic carbocycles. The molecule has 2 nitrogen and oxygen atoms in total. The highest BCUT2D eigenvalue weighted by Crippen LogP contribution is 2.05. The van der Waals surface area contributed by atoms with Crippen molar-refractivity contribution in [3.8, 4) is 0 Å². The van der Waals surface area contributed by atoms with E-state index in [1.165, 1.54) is 18.2 Å². The predicted octanol–water partition coefficient (Wildman–Crippen LogP) is 0.737. The van der Waals surface area contributed by atoms with Crippen molar-refractivity contribution in [2.24, 2.45) is 0 Å². The molecule has 1 radical (unpaired) electrons. The van der Waals surface area contributed by atoms with Gasteiger partial charge in [-0.15, -0.1) is 0 Å². The van der Waals surface area contributed by atoms with Crippen molar-refractivity contribution in [1.29, 1.82) is 0 Å². The van der Waals surface area contributed by atoms with E-state index >= 15 is 0 Å². The van der Waals surface area contributed by atoms with Gasteiger partial charge in [-0.05, 0) is 18.2 Å². The number of thiol groups is 1. The summed E-state index contributed by atoms with van der Waals surface area (Å²) in [4.78, 5) is 0. The topological polar surface area (TPSA) is 34.1 Å². The Balaban J connectivity index is 2.94. The van der Waals surface area contributed by atoms with Crippen molar-refractivity contribution in [3.05, 3.63) is 35.6 Å². The Bertz CT molecular complexity index is 312. The number of hydrogen-bond donors (Lipinski definition) is 1. The van der Waals surface area contributed by atoms with Gasteiger partial charge in [0.1, 0.15) is 16.5 Å². The normalized spacial score (nSPS) is 10.4. The van der Waals surface area contributed by atoms with E-state index in [2.05, 4.69) is 6.07 Å². The maximum atomic E-state index is 12.7. The highest BCUT2D eigenvalue weighted by atomic mass is 32.2. The molecule has 0 amide bonds. The van der Waals surface area contributed by atoms with Gasteiger partial charge in [-0.1, -0.05) is 6.07 Å². The molecule has 0 heterocycles. The van der Waals surface area contributed by atoms with Crippen molar-refractivity contribution in [1.82, 2.24) is 0 Å². The standard InChI is InChI=1S/C7H6FO2S/c8-7-4-2-1-3-6(7)5-11(9)10/h2-4,11H,5H2. The van der Waals surface area contributed by atoms with Crippen LogP contribution in [-0.4, -0.2) is 8.42 Å². The zero-order valence-corrected chi connectivity index (χ0v) is 6.48.